The maximum atomic E-state index is 14.4. The number of nitrogens with zero attached hydrogens (tertiary/aromatic N) is 5. The van der Waals surface area contributed by atoms with Gasteiger partial charge in [-0.25, -0.2) is 14.8 Å². The molecule has 7 N–H and O–H groups in total. The number of nitrogen functional groups attached to an aromatic ring is 1. The summed E-state index contributed by atoms with van der Waals surface area (Å²) in [5.74, 6) is 0.333. The van der Waals surface area contributed by atoms with Gasteiger partial charge in [0.05, 0.1) is 19.1 Å². The summed E-state index contributed by atoms with van der Waals surface area (Å²) in [6.07, 6.45) is 6.32. The first kappa shape index (κ1) is 39.7. The molecule has 3 aromatic heterocycles. The van der Waals surface area contributed by atoms with Crippen molar-refractivity contribution in [1.82, 2.24) is 45.6 Å². The van der Waals surface area contributed by atoms with Crippen LogP contribution in [0.3, 0.4) is 0 Å². The Bertz CT molecular complexity index is 2230. The first-order chi connectivity index (χ1) is 27.6. The number of hydrogen-bond donors (Lipinski definition) is 6. The minimum Gasteiger partial charge on any atom is -0.497 e. The highest BCUT2D eigenvalue weighted by Crippen LogP contribution is 2.25. The molecule has 57 heavy (non-hydrogen) atoms. The number of aromatic nitrogens is 6. The van der Waals surface area contributed by atoms with Crippen LogP contribution < -0.4 is 26.4 Å². The van der Waals surface area contributed by atoms with E-state index >= 15 is 0 Å². The first-order valence-corrected chi connectivity index (χ1v) is 18.5. The number of H-pyrrole nitrogens is 1. The van der Waals surface area contributed by atoms with Crippen LogP contribution in [0.15, 0.2) is 96.2 Å². The van der Waals surface area contributed by atoms with Gasteiger partial charge in [0.2, 0.25) is 17.7 Å². The van der Waals surface area contributed by atoms with E-state index < -0.39 is 36.0 Å². The Labute approximate surface area is 329 Å². The third-order valence-corrected chi connectivity index (χ3v) is 9.69. The minimum atomic E-state index is -1.38. The van der Waals surface area contributed by atoms with E-state index in [2.05, 4.69) is 53.2 Å². The Hall–Kier alpha value is -6.97. The van der Waals surface area contributed by atoms with Gasteiger partial charge < -0.3 is 45.6 Å². The number of amides is 3. The number of carbonyl (C=O) groups excluding carboxylic acids is 2. The number of aromatic amines is 1. The lowest BCUT2D eigenvalue weighted by Gasteiger charge is -2.25. The molecular formula is C41H46N10O6. The first-order valence-electron chi connectivity index (χ1n) is 18.5. The molecule has 3 aromatic carbocycles. The maximum Gasteiger partial charge on any atom is 0.405 e. The molecule has 0 aliphatic carbocycles. The van der Waals surface area contributed by atoms with Gasteiger partial charge in [-0.2, -0.15) is 4.98 Å². The van der Waals surface area contributed by atoms with Gasteiger partial charge in [-0.05, 0) is 72.2 Å². The van der Waals surface area contributed by atoms with Crippen molar-refractivity contribution < 1.29 is 28.8 Å². The van der Waals surface area contributed by atoms with Crippen LogP contribution in [-0.4, -0.2) is 71.9 Å². The highest BCUT2D eigenvalue weighted by atomic mass is 16.5. The van der Waals surface area contributed by atoms with Crippen LogP contribution in [0.25, 0.3) is 11.1 Å². The molecule has 0 aliphatic rings. The summed E-state index contributed by atoms with van der Waals surface area (Å²) in [5, 5.41) is 22.0. The second kappa shape index (κ2) is 18.6. The number of nitrogens with two attached hydrogens (primary N) is 1. The fourth-order valence-corrected chi connectivity index (χ4v) is 6.69. The molecular weight excluding hydrogens is 729 g/mol. The number of carboxylic acid groups (broad SMARTS) is 1. The lowest BCUT2D eigenvalue weighted by atomic mass is 9.95. The molecule has 3 heterocycles. The topological polar surface area (TPSA) is 228 Å². The second-order valence-electron chi connectivity index (χ2n) is 13.7. The van der Waals surface area contributed by atoms with Crippen molar-refractivity contribution in [3.05, 3.63) is 131 Å². The smallest absolute Gasteiger partial charge is 0.405 e. The zero-order chi connectivity index (χ0) is 40.3. The molecule has 0 radical (unpaired) electrons. The predicted octanol–water partition coefficient (Wildman–Crippen LogP) is 4.70. The van der Waals surface area contributed by atoms with E-state index in [1.165, 1.54) is 6.33 Å². The summed E-state index contributed by atoms with van der Waals surface area (Å²) in [7, 11) is 1.57. The molecule has 3 atom stereocenters. The molecule has 16 nitrogen and oxygen atoms in total. The molecule has 296 valence electrons. The molecule has 0 saturated heterocycles. The van der Waals surface area contributed by atoms with Crippen molar-refractivity contribution in [2.45, 2.75) is 70.6 Å². The molecule has 6 aromatic rings. The van der Waals surface area contributed by atoms with Crippen molar-refractivity contribution in [3.8, 4) is 16.9 Å². The van der Waals surface area contributed by atoms with Gasteiger partial charge in [-0.1, -0.05) is 59.8 Å². The zero-order valence-corrected chi connectivity index (χ0v) is 31.9. The molecule has 0 saturated carbocycles. The summed E-state index contributed by atoms with van der Waals surface area (Å²) in [6, 6.07) is 18.8. The van der Waals surface area contributed by atoms with Gasteiger partial charge in [0.1, 0.15) is 23.9 Å². The normalized spacial score (nSPS) is 12.7. The Morgan fingerprint density at radius 1 is 0.930 bits per heavy atom. The second-order valence-corrected chi connectivity index (χ2v) is 13.7. The number of hydrogen-bond acceptors (Lipinski definition) is 10. The molecule has 0 aliphatic heterocycles. The quantitative estimate of drug-likeness (QED) is 0.0701. The summed E-state index contributed by atoms with van der Waals surface area (Å²) in [5.41, 5.74) is 12.2. The number of ether oxygens (including phenoxy) is 1. The third-order valence-electron chi connectivity index (χ3n) is 9.69. The SMILES string of the molecule is COc1cc(C)c(CC(NC(=O)C(CCCn2ccnc2N)NC(=O)O)C(=O)NC(Cc2c[nH]cn2)c2nc(Cc3ccc(-c4ccccc4)cc3)no2)c(C)c1. The number of nitrogens with one attached hydrogen (secondary N) is 4. The van der Waals surface area contributed by atoms with Crippen molar-refractivity contribution >= 4 is 23.9 Å². The van der Waals surface area contributed by atoms with Crippen LogP contribution in [0.1, 0.15) is 58.5 Å². The minimum absolute atomic E-state index is 0.0911. The standard InChI is InChI=1S/C41H46N10O6/c1-25-18-31(56-3)19-26(2)32(25)22-34(46-37(52)33(48-41(54)55)10-7-16-51-17-15-44-40(51)42)38(53)47-35(21-30-23-43-24-45-30)39-49-36(50-57-39)20-27-11-13-29(14-12-27)28-8-5-4-6-9-28/h4-6,8-9,11-15,17-19,23-24,33-35,48H,7,10,16,20-22H2,1-3H3,(H2,42,44)(H,43,45)(H,46,52)(H,47,53)(H,54,55). The Kier molecular flexibility index (Phi) is 12.9. The number of carbonyl (C=O) groups is 3. The van der Waals surface area contributed by atoms with E-state index in [1.54, 1.807) is 30.3 Å². The number of rotatable bonds is 18. The lowest BCUT2D eigenvalue weighted by molar-refractivity contribution is -0.130. The molecule has 3 amide bonds. The molecule has 6 rings (SSSR count). The van der Waals surface area contributed by atoms with E-state index in [9.17, 15) is 19.5 Å². The fourth-order valence-electron chi connectivity index (χ4n) is 6.69. The third kappa shape index (κ3) is 10.6. The number of benzene rings is 3. The molecule has 16 heteroatoms. The fraction of sp³-hybridized carbons (Fsp3) is 0.293. The predicted molar refractivity (Wildman–Crippen MR) is 211 cm³/mol. The van der Waals surface area contributed by atoms with Crippen molar-refractivity contribution in [2.24, 2.45) is 0 Å². The van der Waals surface area contributed by atoms with Crippen molar-refractivity contribution in [2.75, 3.05) is 12.8 Å². The Morgan fingerprint density at radius 2 is 1.65 bits per heavy atom. The van der Waals surface area contributed by atoms with Crippen LogP contribution in [0, 0.1) is 13.8 Å². The van der Waals surface area contributed by atoms with Crippen LogP contribution >= 0.6 is 0 Å². The average molecular weight is 775 g/mol. The summed E-state index contributed by atoms with van der Waals surface area (Å²) in [6.45, 7) is 4.20. The molecule has 0 spiro atoms. The monoisotopic (exact) mass is 774 g/mol. The van der Waals surface area contributed by atoms with Gasteiger partial charge in [0.25, 0.3) is 0 Å². The van der Waals surface area contributed by atoms with E-state index in [4.69, 9.17) is 15.0 Å². The maximum absolute atomic E-state index is 14.4. The largest absolute Gasteiger partial charge is 0.497 e. The van der Waals surface area contributed by atoms with Gasteiger partial charge in [-0.15, -0.1) is 0 Å². The van der Waals surface area contributed by atoms with Gasteiger partial charge in [0.15, 0.2) is 11.8 Å². The Balaban J connectivity index is 1.23. The van der Waals surface area contributed by atoms with Crippen LogP contribution in [-0.2, 0) is 35.4 Å². The average Bonchev–Trinajstić information content (AvgIpc) is 3.99. The van der Waals surface area contributed by atoms with Crippen LogP contribution in [0.2, 0.25) is 0 Å². The van der Waals surface area contributed by atoms with Crippen molar-refractivity contribution in [1.29, 1.82) is 0 Å². The van der Waals surface area contributed by atoms with Gasteiger partial charge in [0, 0.05) is 44.4 Å². The number of aryl methyl sites for hydroxylation is 3. The van der Waals surface area contributed by atoms with Crippen molar-refractivity contribution in [3.63, 3.8) is 0 Å². The number of imidazole rings is 2. The summed E-state index contributed by atoms with van der Waals surface area (Å²) in [4.78, 5) is 56.0. The Morgan fingerprint density at radius 3 is 2.30 bits per heavy atom. The summed E-state index contributed by atoms with van der Waals surface area (Å²) >= 11 is 0. The molecule has 3 unspecified atom stereocenters. The molecule has 0 fully saturated rings. The highest BCUT2D eigenvalue weighted by molar-refractivity contribution is 5.91. The van der Waals surface area contributed by atoms with E-state index in [0.717, 1.165) is 33.4 Å². The van der Waals surface area contributed by atoms with Crippen LogP contribution in [0.4, 0.5) is 10.7 Å². The van der Waals surface area contributed by atoms with Crippen LogP contribution in [0.5, 0.6) is 5.75 Å². The zero-order valence-electron chi connectivity index (χ0n) is 31.9. The van der Waals surface area contributed by atoms with E-state index in [-0.39, 0.29) is 25.2 Å². The highest BCUT2D eigenvalue weighted by Gasteiger charge is 2.31. The number of anilines is 1. The van der Waals surface area contributed by atoms with E-state index in [1.807, 2.05) is 68.4 Å². The number of methoxy groups -OCH3 is 1. The summed E-state index contributed by atoms with van der Waals surface area (Å²) < 4.78 is 12.9. The van der Waals surface area contributed by atoms with Gasteiger partial charge >= 0.3 is 6.09 Å². The lowest BCUT2D eigenvalue weighted by Crippen LogP contribution is -2.55. The molecule has 0 bridgehead atoms. The van der Waals surface area contributed by atoms with Gasteiger partial charge in [-0.3, -0.25) is 9.59 Å². The van der Waals surface area contributed by atoms with E-state index in [0.29, 0.717) is 42.6 Å².